The van der Waals surface area contributed by atoms with Crippen LogP contribution in [0.3, 0.4) is 0 Å². The summed E-state index contributed by atoms with van der Waals surface area (Å²) in [7, 11) is 0. The minimum Gasteiger partial charge on any atom is -0.456 e. The number of para-hydroxylation sites is 1. The number of rotatable bonds is 3. The summed E-state index contributed by atoms with van der Waals surface area (Å²) >= 11 is 0. The summed E-state index contributed by atoms with van der Waals surface area (Å²) in [6.45, 7) is 3.93. The first kappa shape index (κ1) is 13.0. The van der Waals surface area contributed by atoms with Crippen molar-refractivity contribution in [2.75, 3.05) is 0 Å². The van der Waals surface area contributed by atoms with Gasteiger partial charge in [0.15, 0.2) is 5.84 Å². The molecule has 2 rings (SSSR count). The summed E-state index contributed by atoms with van der Waals surface area (Å²) in [5.41, 5.74) is 8.32. The maximum atomic E-state index is 8.81. The molecule has 0 atom stereocenters. The van der Waals surface area contributed by atoms with E-state index >= 15 is 0 Å². The number of amidine groups is 1. The van der Waals surface area contributed by atoms with E-state index in [4.69, 9.17) is 15.7 Å². The van der Waals surface area contributed by atoms with Crippen LogP contribution < -0.4 is 10.5 Å². The van der Waals surface area contributed by atoms with Crippen molar-refractivity contribution in [1.82, 2.24) is 0 Å². The van der Waals surface area contributed by atoms with E-state index in [9.17, 15) is 0 Å². The Morgan fingerprint density at radius 1 is 1.11 bits per heavy atom. The van der Waals surface area contributed by atoms with Crippen LogP contribution in [0.25, 0.3) is 0 Å². The van der Waals surface area contributed by atoms with Crippen LogP contribution in [-0.2, 0) is 0 Å². The smallest absolute Gasteiger partial charge is 0.173 e. The van der Waals surface area contributed by atoms with Crippen molar-refractivity contribution in [1.29, 1.82) is 0 Å². The maximum Gasteiger partial charge on any atom is 0.173 e. The molecule has 0 spiro atoms. The Bertz CT molecular complexity index is 604. The van der Waals surface area contributed by atoms with Crippen molar-refractivity contribution in [3.05, 3.63) is 59.2 Å². The third kappa shape index (κ3) is 2.85. The molecule has 4 nitrogen and oxygen atoms in total. The number of hydrogen-bond donors (Lipinski definition) is 2. The lowest BCUT2D eigenvalue weighted by atomic mass is 10.1. The molecule has 19 heavy (non-hydrogen) atoms. The van der Waals surface area contributed by atoms with Crippen molar-refractivity contribution >= 4 is 5.84 Å². The molecule has 2 aromatic rings. The third-order valence-corrected chi connectivity index (χ3v) is 2.84. The Morgan fingerprint density at radius 2 is 1.79 bits per heavy atom. The van der Waals surface area contributed by atoms with Gasteiger partial charge in [-0.25, -0.2) is 0 Å². The van der Waals surface area contributed by atoms with Gasteiger partial charge in [-0.3, -0.25) is 0 Å². The fourth-order valence-corrected chi connectivity index (χ4v) is 1.77. The lowest BCUT2D eigenvalue weighted by Gasteiger charge is -2.13. The van der Waals surface area contributed by atoms with Crippen LogP contribution in [0.2, 0.25) is 0 Å². The van der Waals surface area contributed by atoms with E-state index in [1.807, 2.05) is 50.2 Å². The van der Waals surface area contributed by atoms with Gasteiger partial charge in [0.05, 0.1) is 5.56 Å². The first-order valence-electron chi connectivity index (χ1n) is 5.94. The van der Waals surface area contributed by atoms with E-state index in [1.165, 1.54) is 0 Å². The summed E-state index contributed by atoms with van der Waals surface area (Å²) in [4.78, 5) is 0. The largest absolute Gasteiger partial charge is 0.456 e. The van der Waals surface area contributed by atoms with Crippen molar-refractivity contribution in [2.45, 2.75) is 13.8 Å². The fourth-order valence-electron chi connectivity index (χ4n) is 1.77. The highest BCUT2D eigenvalue weighted by Gasteiger charge is 2.11. The number of ether oxygens (including phenoxy) is 1. The molecule has 0 saturated carbocycles. The molecule has 2 aromatic carbocycles. The quantitative estimate of drug-likeness (QED) is 0.383. The molecule has 0 aliphatic carbocycles. The van der Waals surface area contributed by atoms with Crippen LogP contribution in [-0.4, -0.2) is 11.0 Å². The van der Waals surface area contributed by atoms with Crippen molar-refractivity contribution in [3.63, 3.8) is 0 Å². The summed E-state index contributed by atoms with van der Waals surface area (Å²) in [5, 5.41) is 11.8. The van der Waals surface area contributed by atoms with Crippen LogP contribution in [0.5, 0.6) is 11.5 Å². The molecule has 98 valence electrons. The zero-order valence-electron chi connectivity index (χ0n) is 10.9. The molecule has 0 radical (unpaired) electrons. The fraction of sp³-hybridized carbons (Fsp3) is 0.133. The van der Waals surface area contributed by atoms with E-state index in [0.29, 0.717) is 17.1 Å². The molecule has 0 aliphatic rings. The molecule has 0 unspecified atom stereocenters. The van der Waals surface area contributed by atoms with E-state index in [1.54, 1.807) is 6.07 Å². The molecular weight excluding hydrogens is 240 g/mol. The van der Waals surface area contributed by atoms with Gasteiger partial charge in [-0.15, -0.1) is 0 Å². The monoisotopic (exact) mass is 256 g/mol. The summed E-state index contributed by atoms with van der Waals surface area (Å²) in [6, 6.07) is 13.2. The van der Waals surface area contributed by atoms with Gasteiger partial charge in [-0.2, -0.15) is 0 Å². The second-order valence-corrected chi connectivity index (χ2v) is 4.35. The molecule has 0 saturated heterocycles. The standard InChI is InChI=1S/C15H16N2O2/c1-10-6-8-12(9-7-10)19-14-11(2)4-3-5-13(14)15(16)17-18/h3-9,18H,1-2H3,(H2,16,17). The van der Waals surface area contributed by atoms with Crippen LogP contribution >= 0.6 is 0 Å². The van der Waals surface area contributed by atoms with Gasteiger partial charge in [0.2, 0.25) is 0 Å². The summed E-state index contributed by atoms with van der Waals surface area (Å²) in [5.74, 6) is 1.35. The lowest BCUT2D eigenvalue weighted by Crippen LogP contribution is -2.14. The Hall–Kier alpha value is -2.49. The minimum atomic E-state index is 0.0332. The van der Waals surface area contributed by atoms with Crippen LogP contribution in [0, 0.1) is 13.8 Å². The van der Waals surface area contributed by atoms with Crippen LogP contribution in [0.1, 0.15) is 16.7 Å². The molecular formula is C15H16N2O2. The van der Waals surface area contributed by atoms with E-state index in [2.05, 4.69) is 5.16 Å². The third-order valence-electron chi connectivity index (χ3n) is 2.84. The van der Waals surface area contributed by atoms with E-state index in [0.717, 1.165) is 11.1 Å². The number of oxime groups is 1. The highest BCUT2D eigenvalue weighted by Crippen LogP contribution is 2.29. The molecule has 0 aliphatic heterocycles. The predicted octanol–water partition coefficient (Wildman–Crippen LogP) is 3.19. The van der Waals surface area contributed by atoms with Crippen molar-refractivity contribution in [3.8, 4) is 11.5 Å². The first-order chi connectivity index (χ1) is 9.11. The minimum absolute atomic E-state index is 0.0332. The Morgan fingerprint density at radius 3 is 2.42 bits per heavy atom. The highest BCUT2D eigenvalue weighted by atomic mass is 16.5. The topological polar surface area (TPSA) is 67.8 Å². The van der Waals surface area contributed by atoms with Gasteiger partial charge in [-0.1, -0.05) is 35.0 Å². The number of hydrogen-bond acceptors (Lipinski definition) is 3. The zero-order valence-corrected chi connectivity index (χ0v) is 10.9. The maximum absolute atomic E-state index is 8.81. The Balaban J connectivity index is 2.41. The van der Waals surface area contributed by atoms with Gasteiger partial charge < -0.3 is 15.7 Å². The second-order valence-electron chi connectivity index (χ2n) is 4.35. The van der Waals surface area contributed by atoms with Crippen LogP contribution in [0.15, 0.2) is 47.6 Å². The molecule has 4 heteroatoms. The first-order valence-corrected chi connectivity index (χ1v) is 5.94. The summed E-state index contributed by atoms with van der Waals surface area (Å²) < 4.78 is 5.85. The van der Waals surface area contributed by atoms with Gasteiger partial charge in [0.25, 0.3) is 0 Å². The number of nitrogens with two attached hydrogens (primary N) is 1. The van der Waals surface area contributed by atoms with Crippen molar-refractivity contribution < 1.29 is 9.94 Å². The molecule has 0 fully saturated rings. The second kappa shape index (κ2) is 5.44. The van der Waals surface area contributed by atoms with Gasteiger partial charge in [-0.05, 0) is 37.6 Å². The SMILES string of the molecule is Cc1ccc(Oc2c(C)cccc2/C(N)=N/O)cc1. The molecule has 0 heterocycles. The Kier molecular flexibility index (Phi) is 3.71. The van der Waals surface area contributed by atoms with Gasteiger partial charge >= 0.3 is 0 Å². The van der Waals surface area contributed by atoms with E-state index in [-0.39, 0.29) is 5.84 Å². The molecule has 3 N–H and O–H groups in total. The van der Waals surface area contributed by atoms with Crippen LogP contribution in [0.4, 0.5) is 0 Å². The van der Waals surface area contributed by atoms with Gasteiger partial charge in [0, 0.05) is 0 Å². The zero-order chi connectivity index (χ0) is 13.8. The number of nitrogens with zero attached hydrogens (tertiary/aromatic N) is 1. The van der Waals surface area contributed by atoms with Gasteiger partial charge in [0.1, 0.15) is 11.5 Å². The molecule has 0 bridgehead atoms. The number of aryl methyl sites for hydroxylation is 2. The lowest BCUT2D eigenvalue weighted by molar-refractivity contribution is 0.318. The molecule has 0 aromatic heterocycles. The van der Waals surface area contributed by atoms with Crippen molar-refractivity contribution in [2.24, 2.45) is 10.9 Å². The predicted molar refractivity (Wildman–Crippen MR) is 74.9 cm³/mol. The average Bonchev–Trinajstić information content (AvgIpc) is 2.42. The Labute approximate surface area is 112 Å². The average molecular weight is 256 g/mol. The normalized spacial score (nSPS) is 11.4. The highest BCUT2D eigenvalue weighted by molar-refractivity contribution is 6.00. The van der Waals surface area contributed by atoms with E-state index < -0.39 is 0 Å². The molecule has 0 amide bonds. The number of benzene rings is 2. The summed E-state index contributed by atoms with van der Waals surface area (Å²) in [6.07, 6.45) is 0.